The third-order valence-corrected chi connectivity index (χ3v) is 7.79. The molecule has 10 nitrogen and oxygen atoms in total. The topological polar surface area (TPSA) is 146 Å². The molecule has 1 aliphatic rings. The molecule has 3 rings (SSSR count). The molecule has 12 heteroatoms. The van der Waals surface area contributed by atoms with Crippen LogP contribution >= 0.6 is 0 Å². The van der Waals surface area contributed by atoms with Crippen molar-refractivity contribution in [3.63, 3.8) is 0 Å². The summed E-state index contributed by atoms with van der Waals surface area (Å²) in [4.78, 5) is -0.299. The van der Waals surface area contributed by atoms with Crippen LogP contribution in [0.5, 0.6) is 0 Å². The van der Waals surface area contributed by atoms with Gasteiger partial charge in [0.15, 0.2) is 12.4 Å². The first kappa shape index (κ1) is 25.7. The smallest absolute Gasteiger partial charge is 0.297 e. The number of aliphatic hydroxyl groups is 2. The molecule has 33 heavy (non-hydrogen) atoms. The number of methoxy groups -OCH3 is 1. The highest BCUT2D eigenvalue weighted by atomic mass is 32.2. The minimum atomic E-state index is -4.32. The Morgan fingerprint density at radius 3 is 1.85 bits per heavy atom. The van der Waals surface area contributed by atoms with Gasteiger partial charge >= 0.3 is 0 Å². The standard InChI is InChI=1S/C21H26O10S2/c1-13-4-8-15(9-5-13)32(24,25)30-17(12-22)19-18(23)20(21(28-3)29-19)31-33(26,27)16-10-6-14(2)7-11-16/h4-11,17-23H,12H2,1-3H3/t17?,18-,19-,20?,21+/m0/s1. The quantitative estimate of drug-likeness (QED) is 0.474. The zero-order valence-electron chi connectivity index (χ0n) is 18.2. The summed E-state index contributed by atoms with van der Waals surface area (Å²) in [6, 6.07) is 11.7. The monoisotopic (exact) mass is 502 g/mol. The molecule has 0 spiro atoms. The van der Waals surface area contributed by atoms with Crippen LogP contribution < -0.4 is 0 Å². The molecular formula is C21H26O10S2. The van der Waals surface area contributed by atoms with E-state index in [0.29, 0.717) is 0 Å². The van der Waals surface area contributed by atoms with E-state index in [2.05, 4.69) is 0 Å². The summed E-state index contributed by atoms with van der Waals surface area (Å²) in [5.41, 5.74) is 1.67. The van der Waals surface area contributed by atoms with Crippen molar-refractivity contribution in [2.45, 2.75) is 54.3 Å². The van der Waals surface area contributed by atoms with Gasteiger partial charge in [0.2, 0.25) is 0 Å². The lowest BCUT2D eigenvalue weighted by atomic mass is 10.1. The maximum absolute atomic E-state index is 12.7. The summed E-state index contributed by atoms with van der Waals surface area (Å²) in [6.07, 6.45) is -7.62. The van der Waals surface area contributed by atoms with Crippen LogP contribution in [-0.2, 0) is 38.1 Å². The number of benzene rings is 2. The van der Waals surface area contributed by atoms with Gasteiger partial charge in [0.05, 0.1) is 16.4 Å². The van der Waals surface area contributed by atoms with Crippen molar-refractivity contribution < 1.29 is 44.9 Å². The summed E-state index contributed by atoms with van der Waals surface area (Å²) >= 11 is 0. The van der Waals surface area contributed by atoms with Crippen molar-refractivity contribution in [3.8, 4) is 0 Å². The van der Waals surface area contributed by atoms with Gasteiger partial charge in [0.1, 0.15) is 18.3 Å². The number of aryl methyl sites for hydroxylation is 2. The highest BCUT2D eigenvalue weighted by molar-refractivity contribution is 7.87. The van der Waals surface area contributed by atoms with Gasteiger partial charge in [-0.15, -0.1) is 0 Å². The first-order chi connectivity index (χ1) is 15.5. The summed E-state index contributed by atoms with van der Waals surface area (Å²) in [5.74, 6) is 0. The molecule has 0 aliphatic carbocycles. The lowest BCUT2D eigenvalue weighted by Crippen LogP contribution is -2.44. The lowest BCUT2D eigenvalue weighted by molar-refractivity contribution is -0.159. The van der Waals surface area contributed by atoms with E-state index in [4.69, 9.17) is 17.8 Å². The number of rotatable bonds is 9. The van der Waals surface area contributed by atoms with Gasteiger partial charge < -0.3 is 19.7 Å². The number of hydrogen-bond acceptors (Lipinski definition) is 10. The van der Waals surface area contributed by atoms with Crippen LogP contribution in [0.2, 0.25) is 0 Å². The zero-order valence-corrected chi connectivity index (χ0v) is 19.8. The highest BCUT2D eigenvalue weighted by Crippen LogP contribution is 2.31. The minimum Gasteiger partial charge on any atom is -0.394 e. The van der Waals surface area contributed by atoms with Crippen molar-refractivity contribution in [1.82, 2.24) is 0 Å². The van der Waals surface area contributed by atoms with Gasteiger partial charge in [-0.2, -0.15) is 16.8 Å². The second-order valence-electron chi connectivity index (χ2n) is 7.61. The van der Waals surface area contributed by atoms with Crippen LogP contribution in [0.25, 0.3) is 0 Å². The first-order valence-electron chi connectivity index (χ1n) is 9.95. The fourth-order valence-electron chi connectivity index (χ4n) is 3.28. The van der Waals surface area contributed by atoms with Crippen molar-refractivity contribution >= 4 is 20.2 Å². The number of ether oxygens (including phenoxy) is 2. The molecular weight excluding hydrogens is 476 g/mol. The van der Waals surface area contributed by atoms with E-state index in [-0.39, 0.29) is 9.79 Å². The maximum atomic E-state index is 12.7. The molecule has 0 bridgehead atoms. The second-order valence-corrected chi connectivity index (χ2v) is 10.8. The molecule has 2 aromatic carbocycles. The third kappa shape index (κ3) is 5.78. The fraction of sp³-hybridized carbons (Fsp3) is 0.429. The van der Waals surface area contributed by atoms with E-state index >= 15 is 0 Å². The Labute approximate surface area is 192 Å². The summed E-state index contributed by atoms with van der Waals surface area (Å²) in [6.45, 7) is 2.73. The Bertz CT molecular complexity index is 1140. The minimum absolute atomic E-state index is 0.143. The average Bonchev–Trinajstić information content (AvgIpc) is 3.07. The molecule has 1 fully saturated rings. The van der Waals surface area contributed by atoms with Crippen molar-refractivity contribution in [1.29, 1.82) is 0 Å². The Hall–Kier alpha value is -1.90. The van der Waals surface area contributed by atoms with Crippen LogP contribution in [0.3, 0.4) is 0 Å². The fourth-order valence-corrected chi connectivity index (χ4v) is 5.43. The first-order valence-corrected chi connectivity index (χ1v) is 12.8. The Balaban J connectivity index is 1.81. The SMILES string of the molecule is CO[C@@H]1O[C@@H](C(CO)OS(=O)(=O)c2ccc(C)cc2)[C@H](O)C1OS(=O)(=O)c1ccc(C)cc1. The largest absolute Gasteiger partial charge is 0.394 e. The predicted molar refractivity (Wildman–Crippen MR) is 115 cm³/mol. The Morgan fingerprint density at radius 1 is 0.909 bits per heavy atom. The molecule has 0 saturated carbocycles. The van der Waals surface area contributed by atoms with Crippen molar-refractivity contribution in [2.75, 3.05) is 13.7 Å². The van der Waals surface area contributed by atoms with Gasteiger partial charge in [-0.3, -0.25) is 8.37 Å². The molecule has 1 heterocycles. The van der Waals surface area contributed by atoms with Crippen LogP contribution in [0, 0.1) is 13.8 Å². The maximum Gasteiger partial charge on any atom is 0.297 e. The molecule has 0 aromatic heterocycles. The molecule has 2 unspecified atom stereocenters. The highest BCUT2D eigenvalue weighted by Gasteiger charge is 2.51. The van der Waals surface area contributed by atoms with Gasteiger partial charge in [-0.1, -0.05) is 35.4 Å². The van der Waals surface area contributed by atoms with Crippen LogP contribution in [0.1, 0.15) is 11.1 Å². The van der Waals surface area contributed by atoms with E-state index in [0.717, 1.165) is 11.1 Å². The van der Waals surface area contributed by atoms with Gasteiger partial charge in [-0.25, -0.2) is 0 Å². The molecule has 1 aliphatic heterocycles. The predicted octanol–water partition coefficient (Wildman–Crippen LogP) is 0.876. The van der Waals surface area contributed by atoms with E-state index < -0.39 is 57.5 Å². The molecule has 182 valence electrons. The Kier molecular flexibility index (Phi) is 7.91. The van der Waals surface area contributed by atoms with Crippen LogP contribution in [-0.4, -0.2) is 71.5 Å². The average molecular weight is 503 g/mol. The number of hydrogen-bond donors (Lipinski definition) is 2. The van der Waals surface area contributed by atoms with Crippen LogP contribution in [0.4, 0.5) is 0 Å². The molecule has 2 aromatic rings. The van der Waals surface area contributed by atoms with E-state index in [9.17, 15) is 27.0 Å². The summed E-state index contributed by atoms with van der Waals surface area (Å²) in [5, 5.41) is 20.5. The second kappa shape index (κ2) is 10.2. The molecule has 0 amide bonds. The molecule has 0 radical (unpaired) electrons. The van der Waals surface area contributed by atoms with Crippen molar-refractivity contribution in [2.24, 2.45) is 0 Å². The van der Waals surface area contributed by atoms with Gasteiger partial charge in [0, 0.05) is 7.11 Å². The zero-order chi connectivity index (χ0) is 24.4. The van der Waals surface area contributed by atoms with E-state index in [1.165, 1.54) is 31.4 Å². The molecule has 2 N–H and O–H groups in total. The normalized spacial score (nSPS) is 24.6. The number of aliphatic hydroxyl groups excluding tert-OH is 2. The lowest BCUT2D eigenvalue weighted by Gasteiger charge is -2.24. The van der Waals surface area contributed by atoms with E-state index in [1.807, 2.05) is 0 Å². The van der Waals surface area contributed by atoms with Gasteiger partial charge in [0.25, 0.3) is 20.2 Å². The van der Waals surface area contributed by atoms with Crippen LogP contribution in [0.15, 0.2) is 58.3 Å². The Morgan fingerprint density at radius 2 is 1.39 bits per heavy atom. The summed E-state index contributed by atoms with van der Waals surface area (Å²) in [7, 11) is -7.44. The van der Waals surface area contributed by atoms with E-state index in [1.54, 1.807) is 38.1 Å². The molecule has 1 saturated heterocycles. The third-order valence-electron chi connectivity index (χ3n) is 5.12. The molecule has 5 atom stereocenters. The summed E-state index contributed by atoms with van der Waals surface area (Å²) < 4.78 is 71.4. The van der Waals surface area contributed by atoms with Gasteiger partial charge in [-0.05, 0) is 38.1 Å². The van der Waals surface area contributed by atoms with Crippen molar-refractivity contribution in [3.05, 3.63) is 59.7 Å².